The number of hydrogen-bond acceptors (Lipinski definition) is 4. The number of nitrogens with one attached hydrogen (secondary N) is 1. The Morgan fingerprint density at radius 1 is 1.26 bits per heavy atom. The van der Waals surface area contributed by atoms with Crippen LogP contribution in [-0.4, -0.2) is 33.0 Å². The van der Waals surface area contributed by atoms with Crippen molar-refractivity contribution in [3.05, 3.63) is 23.8 Å². The van der Waals surface area contributed by atoms with Gasteiger partial charge in [0.1, 0.15) is 0 Å². The summed E-state index contributed by atoms with van der Waals surface area (Å²) in [6.07, 6.45) is 2.45. The van der Waals surface area contributed by atoms with E-state index in [2.05, 4.69) is 31.3 Å². The molecule has 23 heavy (non-hydrogen) atoms. The van der Waals surface area contributed by atoms with Gasteiger partial charge in [-0.1, -0.05) is 19.9 Å². The van der Waals surface area contributed by atoms with Crippen LogP contribution < -0.4 is 14.8 Å². The third kappa shape index (κ3) is 6.40. The Morgan fingerprint density at radius 3 is 2.83 bits per heavy atom. The molecule has 0 amide bonds. The molecule has 0 bridgehead atoms. The number of benzene rings is 1. The van der Waals surface area contributed by atoms with E-state index in [0.717, 1.165) is 37.8 Å². The molecular weight excluding hydrogens is 290 g/mol. The molecule has 1 unspecified atom stereocenters. The first-order chi connectivity index (χ1) is 11.2. The second kappa shape index (κ2) is 9.78. The van der Waals surface area contributed by atoms with Gasteiger partial charge in [0.2, 0.25) is 0 Å². The largest absolute Gasteiger partial charge is 0.490 e. The molecule has 1 saturated heterocycles. The van der Waals surface area contributed by atoms with Crippen molar-refractivity contribution in [1.29, 1.82) is 0 Å². The highest BCUT2D eigenvalue weighted by Crippen LogP contribution is 2.29. The predicted molar refractivity (Wildman–Crippen MR) is 93.2 cm³/mol. The molecule has 1 aliphatic heterocycles. The van der Waals surface area contributed by atoms with E-state index in [1.165, 1.54) is 18.4 Å². The van der Waals surface area contributed by atoms with E-state index in [0.29, 0.717) is 25.0 Å². The Morgan fingerprint density at radius 2 is 2.13 bits per heavy atom. The fourth-order valence-electron chi connectivity index (χ4n) is 2.70. The quantitative estimate of drug-likeness (QED) is 0.754. The highest BCUT2D eigenvalue weighted by atomic mass is 16.5. The lowest BCUT2D eigenvalue weighted by atomic mass is 10.0. The summed E-state index contributed by atoms with van der Waals surface area (Å²) in [4.78, 5) is 0. The molecule has 130 valence electrons. The minimum Gasteiger partial charge on any atom is -0.490 e. The van der Waals surface area contributed by atoms with E-state index in [1.54, 1.807) is 0 Å². The molecule has 1 N–H and O–H groups in total. The van der Waals surface area contributed by atoms with E-state index in [9.17, 15) is 0 Å². The van der Waals surface area contributed by atoms with Crippen LogP contribution in [0.2, 0.25) is 0 Å². The summed E-state index contributed by atoms with van der Waals surface area (Å²) in [5, 5.41) is 3.53. The van der Waals surface area contributed by atoms with E-state index in [4.69, 9.17) is 14.2 Å². The molecule has 0 spiro atoms. The highest BCUT2D eigenvalue weighted by Gasteiger charge is 2.13. The second-order valence-electron chi connectivity index (χ2n) is 6.63. The Kier molecular flexibility index (Phi) is 7.69. The van der Waals surface area contributed by atoms with Gasteiger partial charge < -0.3 is 19.5 Å². The summed E-state index contributed by atoms with van der Waals surface area (Å²) in [5.74, 6) is 2.82. The normalized spacial score (nSPS) is 18.2. The summed E-state index contributed by atoms with van der Waals surface area (Å²) in [7, 11) is 0. The van der Waals surface area contributed by atoms with Gasteiger partial charge in [0.05, 0.1) is 19.8 Å². The van der Waals surface area contributed by atoms with Gasteiger partial charge in [-0.05, 0) is 49.3 Å². The molecule has 1 atom stereocenters. The average Bonchev–Trinajstić information content (AvgIpc) is 2.55. The maximum Gasteiger partial charge on any atom is 0.161 e. The van der Waals surface area contributed by atoms with Gasteiger partial charge >= 0.3 is 0 Å². The summed E-state index contributed by atoms with van der Waals surface area (Å²) in [6, 6.07) is 6.22. The van der Waals surface area contributed by atoms with E-state index >= 15 is 0 Å². The molecule has 0 saturated carbocycles. The van der Waals surface area contributed by atoms with E-state index < -0.39 is 0 Å². The van der Waals surface area contributed by atoms with Crippen LogP contribution >= 0.6 is 0 Å². The van der Waals surface area contributed by atoms with Crippen LogP contribution in [-0.2, 0) is 11.3 Å². The van der Waals surface area contributed by atoms with Gasteiger partial charge in [0.15, 0.2) is 11.5 Å². The van der Waals surface area contributed by atoms with Gasteiger partial charge in [-0.15, -0.1) is 0 Å². The minimum absolute atomic E-state index is 0.503. The molecule has 1 aromatic carbocycles. The van der Waals surface area contributed by atoms with Gasteiger partial charge in [0, 0.05) is 19.7 Å². The standard InChI is InChI=1S/C19H31NO3/c1-4-22-19-10-16(7-8-18(19)23-13-15(2)3)11-20-12-17-6-5-9-21-14-17/h7-8,10,15,17,20H,4-6,9,11-14H2,1-3H3. The van der Waals surface area contributed by atoms with E-state index in [-0.39, 0.29) is 0 Å². The van der Waals surface area contributed by atoms with Gasteiger partial charge in [-0.2, -0.15) is 0 Å². The van der Waals surface area contributed by atoms with Crippen LogP contribution in [0.4, 0.5) is 0 Å². The van der Waals surface area contributed by atoms with Crippen molar-refractivity contribution in [2.24, 2.45) is 11.8 Å². The molecule has 2 rings (SSSR count). The maximum atomic E-state index is 5.84. The van der Waals surface area contributed by atoms with Crippen LogP contribution in [0.3, 0.4) is 0 Å². The average molecular weight is 321 g/mol. The Bertz CT molecular complexity index is 456. The Balaban J connectivity index is 1.86. The number of hydrogen-bond donors (Lipinski definition) is 1. The topological polar surface area (TPSA) is 39.7 Å². The Hall–Kier alpha value is -1.26. The lowest BCUT2D eigenvalue weighted by Crippen LogP contribution is -2.28. The van der Waals surface area contributed by atoms with Crippen LogP contribution in [0.1, 0.15) is 39.2 Å². The second-order valence-corrected chi connectivity index (χ2v) is 6.63. The number of rotatable bonds is 9. The monoisotopic (exact) mass is 321 g/mol. The predicted octanol–water partition coefficient (Wildman–Crippen LogP) is 3.64. The SMILES string of the molecule is CCOc1cc(CNCC2CCCOC2)ccc1OCC(C)C. The van der Waals surface area contributed by atoms with Crippen molar-refractivity contribution >= 4 is 0 Å². The minimum atomic E-state index is 0.503. The third-order valence-electron chi connectivity index (χ3n) is 3.90. The van der Waals surface area contributed by atoms with Crippen molar-refractivity contribution in [2.75, 3.05) is 33.0 Å². The summed E-state index contributed by atoms with van der Waals surface area (Å²) >= 11 is 0. The first kappa shape index (κ1) is 18.1. The maximum absolute atomic E-state index is 5.84. The van der Waals surface area contributed by atoms with Gasteiger partial charge in [0.25, 0.3) is 0 Å². The van der Waals surface area contributed by atoms with Crippen molar-refractivity contribution in [3.8, 4) is 11.5 Å². The lowest BCUT2D eigenvalue weighted by Gasteiger charge is -2.22. The van der Waals surface area contributed by atoms with Gasteiger partial charge in [-0.25, -0.2) is 0 Å². The summed E-state index contributed by atoms with van der Waals surface area (Å²) in [5.41, 5.74) is 1.22. The zero-order valence-corrected chi connectivity index (χ0v) is 14.8. The molecule has 1 aliphatic rings. The summed E-state index contributed by atoms with van der Waals surface area (Å²) < 4.78 is 17.1. The molecular formula is C19H31NO3. The van der Waals surface area contributed by atoms with Crippen molar-refractivity contribution in [2.45, 2.75) is 40.2 Å². The van der Waals surface area contributed by atoms with Crippen LogP contribution in [0, 0.1) is 11.8 Å². The first-order valence-corrected chi connectivity index (χ1v) is 8.86. The van der Waals surface area contributed by atoms with E-state index in [1.807, 2.05) is 13.0 Å². The first-order valence-electron chi connectivity index (χ1n) is 8.86. The van der Waals surface area contributed by atoms with Gasteiger partial charge in [-0.3, -0.25) is 0 Å². The van der Waals surface area contributed by atoms with Crippen LogP contribution in [0.5, 0.6) is 11.5 Å². The number of ether oxygens (including phenoxy) is 3. The zero-order chi connectivity index (χ0) is 16.5. The zero-order valence-electron chi connectivity index (χ0n) is 14.8. The fourth-order valence-corrected chi connectivity index (χ4v) is 2.70. The van der Waals surface area contributed by atoms with Crippen molar-refractivity contribution in [3.63, 3.8) is 0 Å². The molecule has 1 aromatic rings. The van der Waals surface area contributed by atoms with Crippen LogP contribution in [0.25, 0.3) is 0 Å². The molecule has 1 fully saturated rings. The summed E-state index contributed by atoms with van der Waals surface area (Å²) in [6.45, 7) is 11.3. The van der Waals surface area contributed by atoms with Crippen molar-refractivity contribution in [1.82, 2.24) is 5.32 Å². The molecule has 0 aromatic heterocycles. The molecule has 4 heteroatoms. The van der Waals surface area contributed by atoms with Crippen LogP contribution in [0.15, 0.2) is 18.2 Å². The Labute approximate surface area is 140 Å². The third-order valence-corrected chi connectivity index (χ3v) is 3.90. The molecule has 0 radical (unpaired) electrons. The lowest BCUT2D eigenvalue weighted by molar-refractivity contribution is 0.0547. The molecule has 4 nitrogen and oxygen atoms in total. The molecule has 1 heterocycles. The molecule has 0 aliphatic carbocycles. The highest BCUT2D eigenvalue weighted by molar-refractivity contribution is 5.43. The smallest absolute Gasteiger partial charge is 0.161 e. The van der Waals surface area contributed by atoms with Crippen molar-refractivity contribution < 1.29 is 14.2 Å². The fraction of sp³-hybridized carbons (Fsp3) is 0.684.